The molecule has 1 atom stereocenters. The molecular weight excluding hydrogens is 252 g/mol. The van der Waals surface area contributed by atoms with E-state index >= 15 is 0 Å². The van der Waals surface area contributed by atoms with Gasteiger partial charge >= 0.3 is 0 Å². The Morgan fingerprint density at radius 2 is 2.00 bits per heavy atom. The Hall–Kier alpha value is -1.82. The zero-order chi connectivity index (χ0) is 14.7. The molecule has 0 aromatic carbocycles. The van der Waals surface area contributed by atoms with Crippen LogP contribution in [0.15, 0.2) is 12.4 Å². The molecule has 0 spiro atoms. The molecule has 6 heteroatoms. The van der Waals surface area contributed by atoms with Gasteiger partial charge < -0.3 is 5.73 Å². The van der Waals surface area contributed by atoms with Crippen LogP contribution in [0.25, 0.3) is 0 Å². The van der Waals surface area contributed by atoms with Crippen molar-refractivity contribution in [1.82, 2.24) is 25.0 Å². The van der Waals surface area contributed by atoms with Gasteiger partial charge in [0.1, 0.15) is 12.2 Å². The second kappa shape index (κ2) is 6.09. The summed E-state index contributed by atoms with van der Waals surface area (Å²) in [5, 5.41) is 12.4. The molecule has 0 bridgehead atoms. The van der Waals surface area contributed by atoms with Crippen molar-refractivity contribution in [2.24, 2.45) is 11.7 Å². The highest BCUT2D eigenvalue weighted by Gasteiger charge is 2.15. The normalized spacial score (nSPS) is 12.9. The van der Waals surface area contributed by atoms with Crippen molar-refractivity contribution in [3.8, 4) is 0 Å². The lowest BCUT2D eigenvalue weighted by atomic mass is 10.0. The van der Waals surface area contributed by atoms with Gasteiger partial charge in [0.25, 0.3) is 0 Å². The summed E-state index contributed by atoms with van der Waals surface area (Å²) in [7, 11) is 0. The van der Waals surface area contributed by atoms with Gasteiger partial charge in [-0.1, -0.05) is 13.8 Å². The smallest absolute Gasteiger partial charge is 0.138 e. The fraction of sp³-hybridized carbons (Fsp3) is 0.571. The zero-order valence-electron chi connectivity index (χ0n) is 12.5. The molecule has 0 saturated carbocycles. The Labute approximate surface area is 119 Å². The molecule has 6 nitrogen and oxygen atoms in total. The summed E-state index contributed by atoms with van der Waals surface area (Å²) in [5.74, 6) is 1.44. The maximum Gasteiger partial charge on any atom is 0.138 e. The number of nitrogens with zero attached hydrogens (tertiary/aromatic N) is 5. The van der Waals surface area contributed by atoms with Crippen LogP contribution in [-0.4, -0.2) is 25.0 Å². The van der Waals surface area contributed by atoms with Crippen molar-refractivity contribution in [3.05, 3.63) is 35.2 Å². The molecule has 2 rings (SSSR count). The van der Waals surface area contributed by atoms with Crippen LogP contribution >= 0.6 is 0 Å². The fourth-order valence-corrected chi connectivity index (χ4v) is 2.20. The van der Waals surface area contributed by atoms with Gasteiger partial charge in [0.15, 0.2) is 0 Å². The number of hydrogen-bond acceptors (Lipinski definition) is 5. The molecule has 108 valence electrons. The van der Waals surface area contributed by atoms with Crippen LogP contribution < -0.4 is 5.73 Å². The van der Waals surface area contributed by atoms with Crippen molar-refractivity contribution < 1.29 is 0 Å². The minimum absolute atomic E-state index is 0.140. The van der Waals surface area contributed by atoms with E-state index in [9.17, 15) is 0 Å². The summed E-state index contributed by atoms with van der Waals surface area (Å²) < 4.78 is 1.93. The number of aryl methyl sites for hydroxylation is 2. The van der Waals surface area contributed by atoms with E-state index in [1.807, 2.05) is 24.6 Å². The molecule has 2 aromatic heterocycles. The first-order valence-corrected chi connectivity index (χ1v) is 6.90. The van der Waals surface area contributed by atoms with Gasteiger partial charge in [-0.2, -0.15) is 15.3 Å². The van der Waals surface area contributed by atoms with Crippen molar-refractivity contribution in [1.29, 1.82) is 0 Å². The predicted molar refractivity (Wildman–Crippen MR) is 77.0 cm³/mol. The fourth-order valence-electron chi connectivity index (χ4n) is 2.20. The van der Waals surface area contributed by atoms with Gasteiger partial charge in [-0.3, -0.25) is 0 Å². The minimum atomic E-state index is -0.140. The summed E-state index contributed by atoms with van der Waals surface area (Å²) in [6, 6.07) is 1.86. The molecule has 2 aromatic rings. The lowest BCUT2D eigenvalue weighted by Gasteiger charge is -2.15. The number of nitrogens with two attached hydrogens (primary N) is 1. The highest BCUT2D eigenvalue weighted by molar-refractivity contribution is 5.24. The second-order valence-corrected chi connectivity index (χ2v) is 5.59. The minimum Gasteiger partial charge on any atom is -0.324 e. The van der Waals surface area contributed by atoms with Crippen LogP contribution in [0, 0.1) is 19.8 Å². The maximum atomic E-state index is 6.31. The molecule has 2 N–H and O–H groups in total. The van der Waals surface area contributed by atoms with E-state index in [0.717, 1.165) is 29.3 Å². The van der Waals surface area contributed by atoms with Gasteiger partial charge in [-0.05, 0) is 31.4 Å². The number of rotatable bonds is 5. The second-order valence-electron chi connectivity index (χ2n) is 5.59. The highest BCUT2D eigenvalue weighted by atomic mass is 15.3. The molecule has 0 aliphatic heterocycles. The van der Waals surface area contributed by atoms with Crippen molar-refractivity contribution >= 4 is 0 Å². The Bertz CT molecular complexity index is 575. The molecule has 0 fully saturated rings. The van der Waals surface area contributed by atoms with E-state index in [0.29, 0.717) is 12.3 Å². The van der Waals surface area contributed by atoms with Gasteiger partial charge in [0, 0.05) is 19.0 Å². The monoisotopic (exact) mass is 274 g/mol. The van der Waals surface area contributed by atoms with E-state index in [1.165, 1.54) is 0 Å². The van der Waals surface area contributed by atoms with E-state index in [2.05, 4.69) is 34.1 Å². The third-order valence-corrected chi connectivity index (χ3v) is 3.18. The quantitative estimate of drug-likeness (QED) is 0.895. The van der Waals surface area contributed by atoms with E-state index < -0.39 is 0 Å². The van der Waals surface area contributed by atoms with E-state index in [1.54, 1.807) is 6.33 Å². The van der Waals surface area contributed by atoms with Crippen LogP contribution in [-0.2, 0) is 13.0 Å². The van der Waals surface area contributed by atoms with Crippen LogP contribution in [0.4, 0.5) is 0 Å². The Morgan fingerprint density at radius 3 is 2.70 bits per heavy atom. The molecule has 1 unspecified atom stereocenters. The van der Waals surface area contributed by atoms with Crippen molar-refractivity contribution in [2.45, 2.75) is 46.7 Å². The zero-order valence-corrected chi connectivity index (χ0v) is 12.5. The van der Waals surface area contributed by atoms with Crippen molar-refractivity contribution in [3.63, 3.8) is 0 Å². The SMILES string of the molecule is Cc1cc(C(N)Cc2ncnn2CC(C)C)c(C)nn1. The topological polar surface area (TPSA) is 82.5 Å². The molecular formula is C14H22N6. The summed E-state index contributed by atoms with van der Waals surface area (Å²) in [5.41, 5.74) is 9.08. The van der Waals surface area contributed by atoms with Gasteiger partial charge in [0.05, 0.1) is 11.4 Å². The molecule has 0 aliphatic rings. The molecule has 0 saturated heterocycles. The average Bonchev–Trinajstić information content (AvgIpc) is 2.78. The summed E-state index contributed by atoms with van der Waals surface area (Å²) in [6.07, 6.45) is 2.24. The summed E-state index contributed by atoms with van der Waals surface area (Å²) >= 11 is 0. The molecule has 0 aliphatic carbocycles. The molecule has 0 amide bonds. The third kappa shape index (κ3) is 3.39. The first-order chi connectivity index (χ1) is 9.47. The van der Waals surface area contributed by atoms with Crippen LogP contribution in [0.5, 0.6) is 0 Å². The Balaban J connectivity index is 2.17. The lowest BCUT2D eigenvalue weighted by molar-refractivity contribution is 0.459. The van der Waals surface area contributed by atoms with E-state index in [-0.39, 0.29) is 6.04 Å². The van der Waals surface area contributed by atoms with Crippen LogP contribution in [0.2, 0.25) is 0 Å². The number of hydrogen-bond donors (Lipinski definition) is 1. The first kappa shape index (κ1) is 14.6. The standard InChI is InChI=1S/C14H22N6/c1-9(2)7-20-14(16-8-17-20)6-13(15)12-5-10(3)18-19-11(12)4/h5,8-9,13H,6-7,15H2,1-4H3. The Kier molecular flexibility index (Phi) is 4.44. The molecule has 0 radical (unpaired) electrons. The highest BCUT2D eigenvalue weighted by Crippen LogP contribution is 2.18. The van der Waals surface area contributed by atoms with Gasteiger partial charge in [-0.25, -0.2) is 9.67 Å². The largest absolute Gasteiger partial charge is 0.324 e. The van der Waals surface area contributed by atoms with Crippen molar-refractivity contribution in [2.75, 3.05) is 0 Å². The Morgan fingerprint density at radius 1 is 1.25 bits per heavy atom. The van der Waals surface area contributed by atoms with Crippen LogP contribution in [0.1, 0.15) is 42.7 Å². The van der Waals surface area contributed by atoms with Crippen LogP contribution in [0.3, 0.4) is 0 Å². The van der Waals surface area contributed by atoms with E-state index in [4.69, 9.17) is 5.73 Å². The molecule has 20 heavy (non-hydrogen) atoms. The third-order valence-electron chi connectivity index (χ3n) is 3.18. The van der Waals surface area contributed by atoms with Gasteiger partial charge in [-0.15, -0.1) is 0 Å². The summed E-state index contributed by atoms with van der Waals surface area (Å²) in [6.45, 7) is 9.02. The first-order valence-electron chi connectivity index (χ1n) is 6.90. The number of aromatic nitrogens is 5. The maximum absolute atomic E-state index is 6.31. The average molecular weight is 274 g/mol. The summed E-state index contributed by atoms with van der Waals surface area (Å²) in [4.78, 5) is 4.32. The van der Waals surface area contributed by atoms with Gasteiger partial charge in [0.2, 0.25) is 0 Å². The lowest BCUT2D eigenvalue weighted by Crippen LogP contribution is -2.20. The molecule has 2 heterocycles. The predicted octanol–water partition coefficient (Wildman–Crippen LogP) is 1.58.